The predicted molar refractivity (Wildman–Crippen MR) is 151 cm³/mol. The summed E-state index contributed by atoms with van der Waals surface area (Å²) in [4.78, 5) is 21.5. The van der Waals surface area contributed by atoms with Gasteiger partial charge in [-0.2, -0.15) is 0 Å². The summed E-state index contributed by atoms with van der Waals surface area (Å²) in [5, 5.41) is 22.3. The summed E-state index contributed by atoms with van der Waals surface area (Å²) in [6, 6.07) is 11.4. The third-order valence-corrected chi connectivity index (χ3v) is 7.71. The number of aromatic nitrogens is 1. The van der Waals surface area contributed by atoms with Crippen molar-refractivity contribution in [1.29, 1.82) is 0 Å². The van der Waals surface area contributed by atoms with Gasteiger partial charge in [0, 0.05) is 28.7 Å². The lowest BCUT2D eigenvalue weighted by Gasteiger charge is -2.40. The molecule has 1 unspecified atom stereocenters. The lowest BCUT2D eigenvalue weighted by Crippen LogP contribution is -2.48. The van der Waals surface area contributed by atoms with Gasteiger partial charge < -0.3 is 19.8 Å². The number of ether oxygens (including phenoxy) is 1. The van der Waals surface area contributed by atoms with Crippen molar-refractivity contribution in [3.05, 3.63) is 98.5 Å². The molecule has 212 valence electrons. The lowest BCUT2D eigenvalue weighted by molar-refractivity contribution is -0.130. The average Bonchev–Trinajstić information content (AvgIpc) is 3.71. The van der Waals surface area contributed by atoms with Crippen LogP contribution in [-0.4, -0.2) is 64.7 Å². The number of hydrogen-bond donors (Lipinski definition) is 2. The molecule has 40 heavy (non-hydrogen) atoms. The van der Waals surface area contributed by atoms with E-state index in [9.17, 15) is 15.0 Å². The van der Waals surface area contributed by atoms with Gasteiger partial charge in [0.1, 0.15) is 5.82 Å². The second-order valence-electron chi connectivity index (χ2n) is 10.8. The number of aliphatic hydroxyl groups is 2. The minimum Gasteiger partial charge on any atom is -0.396 e. The molecule has 2 aromatic carbocycles. The van der Waals surface area contributed by atoms with Crippen molar-refractivity contribution in [2.24, 2.45) is 5.41 Å². The van der Waals surface area contributed by atoms with Gasteiger partial charge in [0.25, 0.3) is 5.91 Å². The van der Waals surface area contributed by atoms with E-state index in [2.05, 4.69) is 4.98 Å². The van der Waals surface area contributed by atoms with Crippen molar-refractivity contribution < 1.29 is 29.6 Å². The Morgan fingerprint density at radius 3 is 2.42 bits per heavy atom. The maximum absolute atomic E-state index is 16.6. The smallest absolute Gasteiger partial charge is 0.257 e. The van der Waals surface area contributed by atoms with E-state index in [1.54, 1.807) is 31.1 Å². The zero-order chi connectivity index (χ0) is 32.5. The van der Waals surface area contributed by atoms with E-state index in [1.165, 1.54) is 43.5 Å². The van der Waals surface area contributed by atoms with Crippen LogP contribution in [0.5, 0.6) is 0 Å². The molecular formula is C30H32Cl2FN3O4. The van der Waals surface area contributed by atoms with Gasteiger partial charge in [-0.3, -0.25) is 14.7 Å². The first-order valence-electron chi connectivity index (χ1n) is 14.7. The fourth-order valence-electron chi connectivity index (χ4n) is 5.08. The van der Waals surface area contributed by atoms with Gasteiger partial charge in [0.2, 0.25) is 0 Å². The summed E-state index contributed by atoms with van der Waals surface area (Å²) in [7, 11) is 3.47. The summed E-state index contributed by atoms with van der Waals surface area (Å²) >= 11 is 12.2. The number of carbonyl (C=O) groups is 1. The van der Waals surface area contributed by atoms with Crippen molar-refractivity contribution >= 4 is 29.1 Å². The molecule has 0 bridgehead atoms. The number of benzene rings is 2. The highest BCUT2D eigenvalue weighted by Gasteiger charge is 2.56. The third-order valence-electron chi connectivity index (χ3n) is 7.23. The summed E-state index contributed by atoms with van der Waals surface area (Å²) in [5.74, 6) is -1.71. The number of hydrogen-bond acceptors (Lipinski definition) is 6. The van der Waals surface area contributed by atoms with Crippen LogP contribution in [0.15, 0.2) is 54.7 Å². The molecule has 10 heteroatoms. The Hall–Kier alpha value is -2.59. The summed E-state index contributed by atoms with van der Waals surface area (Å²) in [5.41, 5.74) is -5.86. The van der Waals surface area contributed by atoms with Crippen LogP contribution in [0.2, 0.25) is 10.0 Å². The van der Waals surface area contributed by atoms with Crippen molar-refractivity contribution in [2.75, 3.05) is 33.8 Å². The van der Waals surface area contributed by atoms with E-state index >= 15 is 4.39 Å². The fourth-order valence-corrected chi connectivity index (χ4v) is 5.32. The molecule has 7 nitrogen and oxygen atoms in total. The monoisotopic (exact) mass is 591 g/mol. The Morgan fingerprint density at radius 2 is 1.85 bits per heavy atom. The number of likely N-dealkylation sites (N-methyl/N-ethyl adjacent to an activating group) is 1. The first kappa shape index (κ1) is 24.1. The number of rotatable bonds is 10. The van der Waals surface area contributed by atoms with Crippen LogP contribution < -0.4 is 0 Å². The number of carbonyl (C=O) groups excluding carboxylic acids is 1. The SMILES string of the molecule is [2H]C([2H])(O)C1(C([2H])([2H])O[C@]2(c3ccc(Cl)cc3)c3c(F)cc(C(C)(O)CN(C)C)cc3C(=O)N2Cc2ccc(Cl)cn2)CC1. The molecule has 1 aromatic heterocycles. The van der Waals surface area contributed by atoms with Crippen LogP contribution in [-0.2, 0) is 22.6 Å². The number of amides is 1. The fraction of sp³-hybridized carbons (Fsp3) is 0.400. The Bertz CT molecular complexity index is 1580. The van der Waals surface area contributed by atoms with Gasteiger partial charge >= 0.3 is 0 Å². The Morgan fingerprint density at radius 1 is 1.18 bits per heavy atom. The van der Waals surface area contributed by atoms with Gasteiger partial charge in [-0.1, -0.05) is 35.3 Å². The maximum atomic E-state index is 16.6. The Kier molecular flexibility index (Phi) is 6.42. The molecule has 2 atom stereocenters. The molecule has 1 fully saturated rings. The third kappa shape index (κ3) is 5.24. The quantitative estimate of drug-likeness (QED) is 0.347. The van der Waals surface area contributed by atoms with Crippen LogP contribution in [0.3, 0.4) is 0 Å². The average molecular weight is 593 g/mol. The molecule has 3 aromatic rings. The standard InChI is InChI=1S/C30H32Cl2FN3O4/c1-28(39,16-35(2)3)20-12-24-26(25(33)13-20)30(19-4-6-21(31)7-5-19,40-18-29(17-37)10-11-29)36(27(24)38)15-23-9-8-22(32)14-34-23/h4-9,12-14,37,39H,10-11,15-18H2,1-3H3/t28?,30-/m1/s1/i17D2,18D2. The zero-order valence-corrected chi connectivity index (χ0v) is 23.7. The maximum Gasteiger partial charge on any atom is 0.257 e. The van der Waals surface area contributed by atoms with Gasteiger partial charge in [-0.25, -0.2) is 4.39 Å². The highest BCUT2D eigenvalue weighted by Crippen LogP contribution is 2.52. The van der Waals surface area contributed by atoms with Crippen LogP contribution in [0, 0.1) is 11.2 Å². The van der Waals surface area contributed by atoms with E-state index in [0.29, 0.717) is 15.7 Å². The van der Waals surface area contributed by atoms with Crippen molar-refractivity contribution in [3.8, 4) is 0 Å². The van der Waals surface area contributed by atoms with E-state index in [1.807, 2.05) is 0 Å². The molecule has 2 aliphatic rings. The van der Waals surface area contributed by atoms with Crippen LogP contribution in [0.25, 0.3) is 0 Å². The van der Waals surface area contributed by atoms with E-state index in [0.717, 1.165) is 11.0 Å². The highest BCUT2D eigenvalue weighted by molar-refractivity contribution is 6.30. The van der Waals surface area contributed by atoms with Crippen molar-refractivity contribution in [1.82, 2.24) is 14.8 Å². The Labute approximate surface area is 248 Å². The molecular weight excluding hydrogens is 556 g/mol. The Balaban J connectivity index is 1.80. The molecule has 0 radical (unpaired) electrons. The molecule has 1 saturated carbocycles. The molecule has 0 saturated heterocycles. The van der Waals surface area contributed by atoms with E-state index in [4.69, 9.17) is 33.4 Å². The van der Waals surface area contributed by atoms with Crippen LogP contribution >= 0.6 is 23.2 Å². The molecule has 2 heterocycles. The zero-order valence-electron chi connectivity index (χ0n) is 26.2. The lowest BCUT2D eigenvalue weighted by atomic mass is 9.87. The van der Waals surface area contributed by atoms with Gasteiger partial charge in [0.15, 0.2) is 5.72 Å². The van der Waals surface area contributed by atoms with E-state index < -0.39 is 41.6 Å². The molecule has 1 amide bonds. The predicted octanol–water partition coefficient (Wildman–Crippen LogP) is 4.94. The minimum atomic E-state index is -3.00. The number of fused-ring (bicyclic) bond motifs is 1. The molecule has 0 spiro atoms. The molecule has 1 aliphatic carbocycles. The molecule has 2 N–H and O–H groups in total. The van der Waals surface area contributed by atoms with Crippen molar-refractivity contribution in [2.45, 2.75) is 37.6 Å². The molecule has 1 aliphatic heterocycles. The summed E-state index contributed by atoms with van der Waals surface area (Å²) < 4.78 is 57.0. The minimum absolute atomic E-state index is 0.0609. The van der Waals surface area contributed by atoms with Crippen molar-refractivity contribution in [3.63, 3.8) is 0 Å². The van der Waals surface area contributed by atoms with Crippen LogP contribution in [0.1, 0.15) is 58.0 Å². The summed E-state index contributed by atoms with van der Waals surface area (Å²) in [6.07, 6.45) is 1.24. The van der Waals surface area contributed by atoms with Gasteiger partial charge in [0.05, 0.1) is 52.6 Å². The number of halogens is 3. The normalized spacial score (nSPS) is 23.2. The van der Waals surface area contributed by atoms with Gasteiger partial charge in [-0.15, -0.1) is 0 Å². The largest absolute Gasteiger partial charge is 0.396 e. The number of nitrogens with zero attached hydrogens (tertiary/aromatic N) is 3. The topological polar surface area (TPSA) is 86.1 Å². The van der Waals surface area contributed by atoms with Crippen LogP contribution in [0.4, 0.5) is 4.39 Å². The summed E-state index contributed by atoms with van der Waals surface area (Å²) in [6.45, 7) is -4.64. The molecule has 5 rings (SSSR count). The highest BCUT2D eigenvalue weighted by atomic mass is 35.5. The number of pyridine rings is 1. The van der Waals surface area contributed by atoms with Gasteiger partial charge in [-0.05, 0) is 75.8 Å². The first-order valence-corrected chi connectivity index (χ1v) is 13.4. The van der Waals surface area contributed by atoms with E-state index in [-0.39, 0.29) is 48.2 Å². The first-order chi connectivity index (χ1) is 20.3. The second-order valence-corrected chi connectivity index (χ2v) is 11.7. The second kappa shape index (κ2) is 10.7.